The number of aliphatic hydroxyl groups is 1. The fourth-order valence-electron chi connectivity index (χ4n) is 0. The van der Waals surface area contributed by atoms with E-state index in [1.165, 1.54) is 7.05 Å². The Hall–Kier alpha value is -0.160. The average Bonchev–Trinajstić information content (AvgIpc) is 1.96. The maximum Gasteiger partial charge on any atom is 0.0428 e. The molecule has 0 aliphatic heterocycles. The molecular weight excluding hydrogens is 106 g/mol. The first-order chi connectivity index (χ1) is 3.91. The Kier molecular flexibility index (Phi) is 135. The van der Waals surface area contributed by atoms with Crippen LogP contribution >= 0.6 is 0 Å². The molecule has 0 aliphatic carbocycles. The van der Waals surface area contributed by atoms with E-state index in [0.29, 0.717) is 6.61 Å². The van der Waals surface area contributed by atoms with Crippen molar-refractivity contribution in [1.29, 1.82) is 0 Å². The Morgan fingerprint density at radius 3 is 1.38 bits per heavy atom. The number of hydrogen-bond acceptors (Lipinski definition) is 4. The summed E-state index contributed by atoms with van der Waals surface area (Å²) in [6.45, 7) is 2.25. The molecule has 7 N–H and O–H groups in total. The third-order valence-corrected chi connectivity index (χ3v) is 0.224. The minimum atomic E-state index is 0.319. The molecule has 54 valence electrons. The van der Waals surface area contributed by atoms with Gasteiger partial charge >= 0.3 is 0 Å². The molecule has 0 saturated heterocycles. The van der Waals surface area contributed by atoms with Gasteiger partial charge in [0.05, 0.1) is 0 Å². The summed E-state index contributed by atoms with van der Waals surface area (Å²) in [5.74, 6) is 8.00. The average molecular weight is 123 g/mol. The quantitative estimate of drug-likeness (QED) is 0.259. The topological polar surface area (TPSA) is 98.3 Å². The van der Waals surface area contributed by atoms with Gasteiger partial charge in [0.1, 0.15) is 0 Å². The van der Waals surface area contributed by atoms with Crippen LogP contribution in [-0.4, -0.2) is 18.8 Å². The van der Waals surface area contributed by atoms with Gasteiger partial charge < -0.3 is 10.8 Å². The van der Waals surface area contributed by atoms with Crippen molar-refractivity contribution in [3.05, 3.63) is 0 Å². The van der Waals surface area contributed by atoms with Gasteiger partial charge in [-0.25, -0.2) is 0 Å². The minimum Gasteiger partial charge on any atom is -0.396 e. The van der Waals surface area contributed by atoms with Crippen LogP contribution < -0.4 is 17.4 Å². The van der Waals surface area contributed by atoms with Gasteiger partial charge in [0, 0.05) is 6.61 Å². The summed E-state index contributed by atoms with van der Waals surface area (Å²) in [5, 5.41) is 7.88. The molecule has 0 heterocycles. The summed E-state index contributed by atoms with van der Waals surface area (Å²) in [4.78, 5) is 0. The molecule has 0 rings (SSSR count). The van der Waals surface area contributed by atoms with E-state index < -0.39 is 0 Å². The highest BCUT2D eigenvalue weighted by Gasteiger charge is 1.57. The van der Waals surface area contributed by atoms with Crippen LogP contribution in [0.3, 0.4) is 0 Å². The number of rotatable bonds is 1. The molecule has 0 saturated carbocycles. The maximum atomic E-state index is 7.88. The Morgan fingerprint density at radius 2 is 1.38 bits per heavy atom. The molecule has 4 heteroatoms. The van der Waals surface area contributed by atoms with Gasteiger partial charge in [-0.2, -0.15) is 0 Å². The van der Waals surface area contributed by atoms with Gasteiger partial charge in [0.2, 0.25) is 0 Å². The zero-order chi connectivity index (χ0) is 7.41. The smallest absolute Gasteiger partial charge is 0.0428 e. The Morgan fingerprint density at radius 1 is 1.25 bits per heavy atom. The number of hydrazine groups is 1. The number of aliphatic hydroxyl groups excluding tert-OH is 1. The van der Waals surface area contributed by atoms with Crippen molar-refractivity contribution in [3.8, 4) is 0 Å². The second-order valence-electron chi connectivity index (χ2n) is 0.724. The van der Waals surface area contributed by atoms with Gasteiger partial charge in [0.15, 0.2) is 0 Å². The van der Waals surface area contributed by atoms with E-state index in [1.807, 2.05) is 6.92 Å². The normalized spacial score (nSPS) is 5.25. The Bertz CT molecular complexity index is 13.2. The molecule has 0 unspecified atom stereocenters. The van der Waals surface area contributed by atoms with Crippen LogP contribution in [0.25, 0.3) is 0 Å². The molecule has 4 nitrogen and oxygen atoms in total. The van der Waals surface area contributed by atoms with Crippen LogP contribution in [-0.2, 0) is 0 Å². The van der Waals surface area contributed by atoms with Crippen LogP contribution in [0.2, 0.25) is 0 Å². The van der Waals surface area contributed by atoms with Gasteiger partial charge in [-0.3, -0.25) is 11.7 Å². The first-order valence-electron chi connectivity index (χ1n) is 2.43. The van der Waals surface area contributed by atoms with Crippen LogP contribution in [0.5, 0.6) is 0 Å². The summed E-state index contributed by atoms with van der Waals surface area (Å²) >= 11 is 0. The monoisotopic (exact) mass is 123 g/mol. The maximum absolute atomic E-state index is 7.88. The lowest BCUT2D eigenvalue weighted by atomic mass is 10.5. The van der Waals surface area contributed by atoms with E-state index in [-0.39, 0.29) is 0 Å². The van der Waals surface area contributed by atoms with Crippen molar-refractivity contribution in [1.82, 2.24) is 0 Å². The molecule has 8 heavy (non-hydrogen) atoms. The second kappa shape index (κ2) is 68.9. The van der Waals surface area contributed by atoms with E-state index in [1.54, 1.807) is 0 Å². The molecule has 0 radical (unpaired) electrons. The molecule has 0 bridgehead atoms. The summed E-state index contributed by atoms with van der Waals surface area (Å²) in [7, 11) is 1.50. The van der Waals surface area contributed by atoms with Crippen molar-refractivity contribution >= 4 is 0 Å². The van der Waals surface area contributed by atoms with E-state index >= 15 is 0 Å². The third-order valence-electron chi connectivity index (χ3n) is 0.224. The predicted octanol–water partition coefficient (Wildman–Crippen LogP) is -1.22. The zero-order valence-corrected chi connectivity index (χ0v) is 5.59. The predicted molar refractivity (Wildman–Crippen MR) is 35.9 cm³/mol. The molecule has 0 atom stereocenters. The lowest BCUT2D eigenvalue weighted by Gasteiger charge is -1.69. The third kappa shape index (κ3) is 194. The molecule has 0 spiro atoms. The molecule has 0 fully saturated rings. The van der Waals surface area contributed by atoms with Gasteiger partial charge in [0.25, 0.3) is 0 Å². The largest absolute Gasteiger partial charge is 0.396 e. The van der Waals surface area contributed by atoms with Crippen molar-refractivity contribution in [2.45, 2.75) is 13.3 Å². The molecule has 0 aromatic carbocycles. The molecule has 0 aromatic heterocycles. The zero-order valence-electron chi connectivity index (χ0n) is 5.59. The molecular formula is C4H17N3O. The highest BCUT2D eigenvalue weighted by molar-refractivity contribution is 4.10. The van der Waals surface area contributed by atoms with Gasteiger partial charge in [-0.05, 0) is 13.5 Å². The first kappa shape index (κ1) is 15.7. The fraction of sp³-hybridized carbons (Fsp3) is 1.00. The van der Waals surface area contributed by atoms with Crippen LogP contribution in [0, 0.1) is 0 Å². The van der Waals surface area contributed by atoms with Crippen LogP contribution in [0.1, 0.15) is 13.3 Å². The SMILES string of the molecule is CCCO.CN.NN. The fourth-order valence-corrected chi connectivity index (χ4v) is 0. The van der Waals surface area contributed by atoms with Crippen LogP contribution in [0.4, 0.5) is 0 Å². The number of nitrogens with two attached hydrogens (primary N) is 3. The molecule has 0 amide bonds. The van der Waals surface area contributed by atoms with Crippen molar-refractivity contribution in [2.75, 3.05) is 13.7 Å². The lowest BCUT2D eigenvalue weighted by molar-refractivity contribution is 0.295. The lowest BCUT2D eigenvalue weighted by Crippen LogP contribution is -2.02. The van der Waals surface area contributed by atoms with Crippen molar-refractivity contribution in [3.63, 3.8) is 0 Å². The summed E-state index contributed by atoms with van der Waals surface area (Å²) in [5.41, 5.74) is 4.50. The Balaban J connectivity index is -0.0000000542. The summed E-state index contributed by atoms with van der Waals surface area (Å²) in [6, 6.07) is 0. The number of hydrogen-bond donors (Lipinski definition) is 4. The highest BCUT2D eigenvalue weighted by Crippen LogP contribution is 1.61. The van der Waals surface area contributed by atoms with E-state index in [2.05, 4.69) is 17.4 Å². The van der Waals surface area contributed by atoms with Crippen molar-refractivity contribution < 1.29 is 5.11 Å². The van der Waals surface area contributed by atoms with E-state index in [0.717, 1.165) is 6.42 Å². The van der Waals surface area contributed by atoms with Crippen molar-refractivity contribution in [2.24, 2.45) is 17.4 Å². The molecule has 0 aromatic rings. The van der Waals surface area contributed by atoms with Crippen LogP contribution in [0.15, 0.2) is 0 Å². The first-order valence-corrected chi connectivity index (χ1v) is 2.43. The minimum absolute atomic E-state index is 0.319. The highest BCUT2D eigenvalue weighted by atomic mass is 16.2. The van der Waals surface area contributed by atoms with E-state index in [4.69, 9.17) is 5.11 Å². The van der Waals surface area contributed by atoms with Gasteiger partial charge in [-0.15, -0.1) is 0 Å². The standard InChI is InChI=1S/C3H8O.CH5N.H4N2/c1-2-3-4;2*1-2/h4H,2-3H2,1H3;2H2,1H3;1-2H2. The summed E-state index contributed by atoms with van der Waals surface area (Å²) < 4.78 is 0. The summed E-state index contributed by atoms with van der Waals surface area (Å²) in [6.07, 6.45) is 0.875. The van der Waals surface area contributed by atoms with E-state index in [9.17, 15) is 0 Å². The van der Waals surface area contributed by atoms with Gasteiger partial charge in [-0.1, -0.05) is 6.92 Å². The second-order valence-corrected chi connectivity index (χ2v) is 0.724. The Labute approximate surface area is 50.6 Å². The molecule has 0 aliphatic rings.